The van der Waals surface area contributed by atoms with Gasteiger partial charge in [0.2, 0.25) is 0 Å². The highest BCUT2D eigenvalue weighted by Crippen LogP contribution is 2.29. The van der Waals surface area contributed by atoms with Gasteiger partial charge in [0.1, 0.15) is 5.65 Å². The highest BCUT2D eigenvalue weighted by molar-refractivity contribution is 5.81. The molecule has 0 spiro atoms. The molecule has 0 bridgehead atoms. The lowest BCUT2D eigenvalue weighted by Crippen LogP contribution is -2.10. The van der Waals surface area contributed by atoms with Crippen LogP contribution in [0.25, 0.3) is 11.0 Å². The summed E-state index contributed by atoms with van der Waals surface area (Å²) in [6.45, 7) is 6.69. The molecule has 0 aliphatic carbocycles. The highest BCUT2D eigenvalue weighted by Gasteiger charge is 2.19. The van der Waals surface area contributed by atoms with Gasteiger partial charge in [-0.2, -0.15) is 0 Å². The van der Waals surface area contributed by atoms with Crippen molar-refractivity contribution in [1.29, 1.82) is 0 Å². The van der Waals surface area contributed by atoms with Crippen LogP contribution in [0.3, 0.4) is 0 Å². The Labute approximate surface area is 84.6 Å². The maximum atomic E-state index is 4.38. The van der Waals surface area contributed by atoms with Crippen molar-refractivity contribution in [1.82, 2.24) is 9.55 Å². The number of nitrogens with zero attached hydrogens (tertiary/aromatic N) is 2. The first kappa shape index (κ1) is 9.25. The molecule has 2 heteroatoms. The molecule has 2 rings (SSSR count). The van der Waals surface area contributed by atoms with Crippen molar-refractivity contribution in [2.24, 2.45) is 7.05 Å². The van der Waals surface area contributed by atoms with Gasteiger partial charge in [-0.1, -0.05) is 20.8 Å². The summed E-state index contributed by atoms with van der Waals surface area (Å²) < 4.78 is 2.09. The predicted octanol–water partition coefficient (Wildman–Crippen LogP) is 2.87. The summed E-state index contributed by atoms with van der Waals surface area (Å²) in [5, 5.41) is 1.27. The zero-order chi connectivity index (χ0) is 10.3. The van der Waals surface area contributed by atoms with Gasteiger partial charge in [-0.15, -0.1) is 0 Å². The average Bonchev–Trinajstić information content (AvgIpc) is 2.44. The van der Waals surface area contributed by atoms with Crippen LogP contribution in [0.1, 0.15) is 26.3 Å². The first-order valence-electron chi connectivity index (χ1n) is 4.90. The minimum atomic E-state index is 0.183. The molecule has 0 saturated heterocycles. The molecule has 0 atom stereocenters. The first-order chi connectivity index (χ1) is 6.50. The van der Waals surface area contributed by atoms with E-state index < -0.39 is 0 Å². The molecule has 0 saturated carbocycles. The van der Waals surface area contributed by atoms with Crippen LogP contribution < -0.4 is 0 Å². The molecule has 2 aromatic rings. The summed E-state index contributed by atoms with van der Waals surface area (Å²) in [4.78, 5) is 4.38. The molecule has 2 aromatic heterocycles. The second-order valence-electron chi connectivity index (χ2n) is 4.78. The molecule has 14 heavy (non-hydrogen) atoms. The Morgan fingerprint density at radius 3 is 2.64 bits per heavy atom. The summed E-state index contributed by atoms with van der Waals surface area (Å²) in [6, 6.07) is 4.14. The molecule has 0 N–H and O–H groups in total. The zero-order valence-corrected chi connectivity index (χ0v) is 9.20. The van der Waals surface area contributed by atoms with Crippen LogP contribution >= 0.6 is 0 Å². The molecule has 0 aliphatic rings. The lowest BCUT2D eigenvalue weighted by Gasteiger charge is -2.17. The Balaban J connectivity index is 2.80. The second-order valence-corrected chi connectivity index (χ2v) is 4.78. The van der Waals surface area contributed by atoms with Crippen LogP contribution in [0.2, 0.25) is 0 Å². The SMILES string of the molecule is Cn1cc(C(C)(C)C)c2cccnc21. The second kappa shape index (κ2) is 2.84. The van der Waals surface area contributed by atoms with Crippen molar-refractivity contribution in [3.63, 3.8) is 0 Å². The quantitative estimate of drug-likeness (QED) is 0.621. The maximum Gasteiger partial charge on any atom is 0.139 e. The largest absolute Gasteiger partial charge is 0.335 e. The third-order valence-electron chi connectivity index (χ3n) is 2.54. The minimum Gasteiger partial charge on any atom is -0.335 e. The lowest BCUT2D eigenvalue weighted by molar-refractivity contribution is 0.593. The van der Waals surface area contributed by atoms with Crippen LogP contribution in [0.4, 0.5) is 0 Å². The number of pyridine rings is 1. The number of aryl methyl sites for hydroxylation is 1. The lowest BCUT2D eigenvalue weighted by atomic mass is 9.87. The summed E-state index contributed by atoms with van der Waals surface area (Å²) in [5.74, 6) is 0. The van der Waals surface area contributed by atoms with Crippen LogP contribution in [0.5, 0.6) is 0 Å². The normalized spacial score (nSPS) is 12.3. The number of hydrogen-bond acceptors (Lipinski definition) is 1. The highest BCUT2D eigenvalue weighted by atomic mass is 15.0. The van der Waals surface area contributed by atoms with Gasteiger partial charge in [-0.05, 0) is 23.1 Å². The van der Waals surface area contributed by atoms with E-state index in [1.807, 2.05) is 19.3 Å². The van der Waals surface area contributed by atoms with Crippen LogP contribution in [0, 0.1) is 0 Å². The molecule has 2 nitrogen and oxygen atoms in total. The molecule has 0 amide bonds. The van der Waals surface area contributed by atoms with Crippen LogP contribution in [-0.2, 0) is 12.5 Å². The van der Waals surface area contributed by atoms with Crippen LogP contribution in [0.15, 0.2) is 24.5 Å². The zero-order valence-electron chi connectivity index (χ0n) is 9.20. The third kappa shape index (κ3) is 1.31. The van der Waals surface area contributed by atoms with Crippen molar-refractivity contribution >= 4 is 11.0 Å². The van der Waals surface area contributed by atoms with Gasteiger partial charge in [0, 0.05) is 24.8 Å². The molecule has 0 fully saturated rings. The Kier molecular flexibility index (Phi) is 1.88. The van der Waals surface area contributed by atoms with Gasteiger partial charge in [0.25, 0.3) is 0 Å². The van der Waals surface area contributed by atoms with Gasteiger partial charge in [0.05, 0.1) is 0 Å². The summed E-state index contributed by atoms with van der Waals surface area (Å²) in [7, 11) is 2.05. The molecule has 74 valence electrons. The van der Waals surface area contributed by atoms with Crippen molar-refractivity contribution in [3.05, 3.63) is 30.1 Å². The van der Waals surface area contributed by atoms with Gasteiger partial charge < -0.3 is 4.57 Å². The van der Waals surface area contributed by atoms with E-state index in [0.717, 1.165) is 5.65 Å². The fourth-order valence-corrected chi connectivity index (χ4v) is 1.81. The fourth-order valence-electron chi connectivity index (χ4n) is 1.81. The molecular formula is C12H16N2. The standard InChI is InChI=1S/C12H16N2/c1-12(2,3)10-8-14(4)11-9(10)6-5-7-13-11/h5-8H,1-4H3. The van der Waals surface area contributed by atoms with Crippen molar-refractivity contribution in [2.75, 3.05) is 0 Å². The molecule has 0 aliphatic heterocycles. The van der Waals surface area contributed by atoms with E-state index in [2.05, 4.69) is 42.6 Å². The Bertz CT molecular complexity index is 461. The molecular weight excluding hydrogens is 172 g/mol. The van der Waals surface area contributed by atoms with E-state index in [9.17, 15) is 0 Å². The number of rotatable bonds is 0. The minimum absolute atomic E-state index is 0.183. The van der Waals surface area contributed by atoms with E-state index in [0.29, 0.717) is 0 Å². The van der Waals surface area contributed by atoms with Gasteiger partial charge in [-0.25, -0.2) is 4.98 Å². The smallest absolute Gasteiger partial charge is 0.139 e. The first-order valence-corrected chi connectivity index (χ1v) is 4.90. The van der Waals surface area contributed by atoms with E-state index in [-0.39, 0.29) is 5.41 Å². The van der Waals surface area contributed by atoms with Gasteiger partial charge in [0.15, 0.2) is 0 Å². The number of hydrogen-bond donors (Lipinski definition) is 0. The third-order valence-corrected chi connectivity index (χ3v) is 2.54. The molecule has 0 unspecified atom stereocenters. The van der Waals surface area contributed by atoms with Crippen molar-refractivity contribution in [3.8, 4) is 0 Å². The van der Waals surface area contributed by atoms with E-state index in [1.54, 1.807) is 0 Å². The Morgan fingerprint density at radius 2 is 2.00 bits per heavy atom. The fraction of sp³-hybridized carbons (Fsp3) is 0.417. The van der Waals surface area contributed by atoms with E-state index in [4.69, 9.17) is 0 Å². The average molecular weight is 188 g/mol. The topological polar surface area (TPSA) is 17.8 Å². The monoisotopic (exact) mass is 188 g/mol. The molecule has 0 radical (unpaired) electrons. The van der Waals surface area contributed by atoms with Crippen LogP contribution in [-0.4, -0.2) is 9.55 Å². The number of aromatic nitrogens is 2. The van der Waals surface area contributed by atoms with E-state index in [1.165, 1.54) is 10.9 Å². The van der Waals surface area contributed by atoms with Crippen molar-refractivity contribution < 1.29 is 0 Å². The maximum absolute atomic E-state index is 4.38. The molecule has 2 heterocycles. The van der Waals surface area contributed by atoms with Gasteiger partial charge >= 0.3 is 0 Å². The summed E-state index contributed by atoms with van der Waals surface area (Å²) in [6.07, 6.45) is 4.02. The summed E-state index contributed by atoms with van der Waals surface area (Å²) in [5.41, 5.74) is 2.61. The Hall–Kier alpha value is -1.31. The molecule has 0 aromatic carbocycles. The predicted molar refractivity (Wildman–Crippen MR) is 59.4 cm³/mol. The Morgan fingerprint density at radius 1 is 1.29 bits per heavy atom. The van der Waals surface area contributed by atoms with Crippen molar-refractivity contribution in [2.45, 2.75) is 26.2 Å². The number of fused-ring (bicyclic) bond motifs is 1. The summed E-state index contributed by atoms with van der Waals surface area (Å²) >= 11 is 0. The van der Waals surface area contributed by atoms with E-state index >= 15 is 0 Å². The van der Waals surface area contributed by atoms with Gasteiger partial charge in [-0.3, -0.25) is 0 Å².